The summed E-state index contributed by atoms with van der Waals surface area (Å²) < 4.78 is 34.3. The van der Waals surface area contributed by atoms with Gasteiger partial charge in [0.25, 0.3) is 15.9 Å². The summed E-state index contributed by atoms with van der Waals surface area (Å²) in [5.41, 5.74) is 2.24. The summed E-state index contributed by atoms with van der Waals surface area (Å²) in [4.78, 5) is 14.8. The molecule has 0 saturated carbocycles. The van der Waals surface area contributed by atoms with Crippen LogP contribution in [0.15, 0.2) is 64.2 Å². The van der Waals surface area contributed by atoms with Crippen molar-refractivity contribution in [3.63, 3.8) is 0 Å². The number of rotatable bonds is 16. The lowest BCUT2D eigenvalue weighted by Crippen LogP contribution is -2.39. The Kier molecular flexibility index (Phi) is 13.5. The van der Waals surface area contributed by atoms with E-state index in [1.165, 1.54) is 29.6 Å². The summed E-state index contributed by atoms with van der Waals surface area (Å²) in [6.07, 6.45) is 8.62. The Balaban J connectivity index is 1.88. The number of unbranched alkanes of at least 4 members (excludes halogenated alkanes) is 2. The van der Waals surface area contributed by atoms with E-state index in [9.17, 15) is 13.2 Å². The van der Waals surface area contributed by atoms with Crippen LogP contribution in [0.3, 0.4) is 0 Å². The lowest BCUT2D eigenvalue weighted by atomic mass is 9.87. The van der Waals surface area contributed by atoms with Crippen molar-refractivity contribution in [3.05, 3.63) is 59.9 Å². The van der Waals surface area contributed by atoms with Crippen molar-refractivity contribution < 1.29 is 17.9 Å². The first-order valence-electron chi connectivity index (χ1n) is 15.8. The summed E-state index contributed by atoms with van der Waals surface area (Å²) in [7, 11) is -3.85. The van der Waals surface area contributed by atoms with Crippen molar-refractivity contribution in [2.24, 2.45) is 5.92 Å². The average Bonchev–Trinajstić information content (AvgIpc) is 2.96. The van der Waals surface area contributed by atoms with Crippen LogP contribution in [-0.4, -0.2) is 44.1 Å². The minimum atomic E-state index is -3.85. The van der Waals surface area contributed by atoms with Crippen molar-refractivity contribution in [2.75, 3.05) is 36.1 Å². The van der Waals surface area contributed by atoms with E-state index in [1.807, 2.05) is 0 Å². The quantitative estimate of drug-likeness (QED) is 0.110. The maximum absolute atomic E-state index is 13.7. The number of amides is 1. The van der Waals surface area contributed by atoms with E-state index in [0.29, 0.717) is 31.2 Å². The number of sulfonamides is 1. The highest BCUT2D eigenvalue weighted by molar-refractivity contribution is 7.99. The SMILES string of the molecule is CCCCOCCCN1/C(=C\C(=O)Nc2cc(C(C)(C)C)ccc2SCC(CC)CCCC)Nc2ccccc2S1(=O)=O. The molecule has 3 rings (SSSR count). The Morgan fingerprint density at radius 1 is 1.05 bits per heavy atom. The van der Waals surface area contributed by atoms with Crippen molar-refractivity contribution in [2.45, 2.75) is 102 Å². The number of carbonyl (C=O) groups excluding carboxylic acids is 1. The van der Waals surface area contributed by atoms with Gasteiger partial charge < -0.3 is 15.4 Å². The Labute approximate surface area is 264 Å². The van der Waals surface area contributed by atoms with Gasteiger partial charge in [-0.2, -0.15) is 0 Å². The van der Waals surface area contributed by atoms with Gasteiger partial charge in [0.2, 0.25) is 0 Å². The third-order valence-electron chi connectivity index (χ3n) is 7.67. The smallest absolute Gasteiger partial charge is 0.267 e. The van der Waals surface area contributed by atoms with Crippen LogP contribution in [0, 0.1) is 5.92 Å². The molecule has 1 heterocycles. The van der Waals surface area contributed by atoms with E-state index < -0.39 is 10.0 Å². The molecule has 0 aliphatic carbocycles. The Hall–Kier alpha value is -2.49. The first-order chi connectivity index (χ1) is 20.5. The van der Waals surface area contributed by atoms with Crippen LogP contribution in [0.2, 0.25) is 0 Å². The van der Waals surface area contributed by atoms with Gasteiger partial charge >= 0.3 is 0 Å². The summed E-state index contributed by atoms with van der Waals surface area (Å²) in [6.45, 7) is 14.3. The second kappa shape index (κ2) is 16.5. The molecule has 0 radical (unpaired) electrons. The molecule has 1 atom stereocenters. The molecule has 1 unspecified atom stereocenters. The molecule has 9 heteroatoms. The van der Waals surface area contributed by atoms with E-state index in [1.54, 1.807) is 36.0 Å². The molecule has 43 heavy (non-hydrogen) atoms. The fourth-order valence-corrected chi connectivity index (χ4v) is 7.73. The number of ether oxygens (including phenoxy) is 1. The van der Waals surface area contributed by atoms with Gasteiger partial charge in [0, 0.05) is 36.5 Å². The van der Waals surface area contributed by atoms with E-state index >= 15 is 0 Å². The maximum atomic E-state index is 13.7. The number of hydrogen-bond acceptors (Lipinski definition) is 6. The predicted octanol–water partition coefficient (Wildman–Crippen LogP) is 8.40. The van der Waals surface area contributed by atoms with E-state index in [0.717, 1.165) is 41.2 Å². The second-order valence-electron chi connectivity index (χ2n) is 12.2. The van der Waals surface area contributed by atoms with E-state index in [-0.39, 0.29) is 28.6 Å². The number of anilines is 2. The molecule has 0 spiro atoms. The maximum Gasteiger partial charge on any atom is 0.267 e. The molecule has 0 saturated heterocycles. The topological polar surface area (TPSA) is 87.7 Å². The first kappa shape index (κ1) is 35.0. The number of thioether (sulfide) groups is 1. The van der Waals surface area contributed by atoms with Gasteiger partial charge in [0.15, 0.2) is 0 Å². The van der Waals surface area contributed by atoms with Crippen LogP contribution in [0.1, 0.15) is 92.1 Å². The van der Waals surface area contributed by atoms with Gasteiger partial charge in [-0.25, -0.2) is 8.42 Å². The van der Waals surface area contributed by atoms with Crippen LogP contribution in [0.4, 0.5) is 11.4 Å². The monoisotopic (exact) mass is 629 g/mol. The fourth-order valence-electron chi connectivity index (χ4n) is 4.87. The fraction of sp³-hybridized carbons (Fsp3) is 0.559. The van der Waals surface area contributed by atoms with Gasteiger partial charge in [-0.05, 0) is 60.4 Å². The van der Waals surface area contributed by atoms with Crippen LogP contribution < -0.4 is 10.6 Å². The molecule has 1 amide bonds. The number of hydrogen-bond donors (Lipinski definition) is 2. The third kappa shape index (κ3) is 10.0. The van der Waals surface area contributed by atoms with Crippen LogP contribution in [0.25, 0.3) is 0 Å². The average molecular weight is 630 g/mol. The van der Waals surface area contributed by atoms with Gasteiger partial charge in [-0.15, -0.1) is 11.8 Å². The predicted molar refractivity (Wildman–Crippen MR) is 180 cm³/mol. The highest BCUT2D eigenvalue weighted by Crippen LogP contribution is 2.36. The molecule has 1 aliphatic heterocycles. The number of nitrogens with zero attached hydrogens (tertiary/aromatic N) is 1. The largest absolute Gasteiger partial charge is 0.381 e. The van der Waals surface area contributed by atoms with Crippen LogP contribution in [0.5, 0.6) is 0 Å². The molecule has 7 nitrogen and oxygen atoms in total. The summed E-state index contributed by atoms with van der Waals surface area (Å²) >= 11 is 1.78. The Morgan fingerprint density at radius 2 is 1.77 bits per heavy atom. The highest BCUT2D eigenvalue weighted by atomic mass is 32.2. The minimum Gasteiger partial charge on any atom is -0.381 e. The van der Waals surface area contributed by atoms with Gasteiger partial charge in [0.05, 0.1) is 11.4 Å². The Morgan fingerprint density at radius 3 is 2.47 bits per heavy atom. The zero-order valence-electron chi connectivity index (χ0n) is 26.9. The number of benzene rings is 2. The number of carbonyl (C=O) groups is 1. The summed E-state index contributed by atoms with van der Waals surface area (Å²) in [5, 5.41) is 6.29. The zero-order valence-corrected chi connectivity index (χ0v) is 28.5. The first-order valence-corrected chi connectivity index (χ1v) is 18.2. The standard InChI is InChI=1S/C34H51N3O4S2/c1-7-10-15-26(9-3)25-42-30-19-18-27(34(4,5)6)23-29(30)36-33(38)24-32-35-28-16-12-13-17-31(28)43(39,40)37(32)20-14-22-41-21-11-8-2/h12-13,16-19,23-24,26,35H,7-11,14-15,20-22,25H2,1-6H3,(H,36,38)/b32-24-. The number of nitrogens with one attached hydrogen (secondary N) is 2. The normalized spacial score (nSPS) is 16.0. The molecule has 2 aromatic carbocycles. The van der Waals surface area contributed by atoms with Crippen molar-refractivity contribution >= 4 is 39.1 Å². The van der Waals surface area contributed by atoms with Gasteiger partial charge in [0.1, 0.15) is 10.7 Å². The van der Waals surface area contributed by atoms with E-state index in [2.05, 4.69) is 70.4 Å². The summed E-state index contributed by atoms with van der Waals surface area (Å²) in [5.74, 6) is 1.46. The van der Waals surface area contributed by atoms with E-state index in [4.69, 9.17) is 4.74 Å². The van der Waals surface area contributed by atoms with Crippen LogP contribution in [-0.2, 0) is 25.0 Å². The number of fused-ring (bicyclic) bond motifs is 1. The highest BCUT2D eigenvalue weighted by Gasteiger charge is 2.34. The lowest BCUT2D eigenvalue weighted by molar-refractivity contribution is -0.112. The van der Waals surface area contributed by atoms with Crippen molar-refractivity contribution in [1.29, 1.82) is 0 Å². The van der Waals surface area contributed by atoms with Crippen LogP contribution >= 0.6 is 11.8 Å². The van der Waals surface area contributed by atoms with Gasteiger partial charge in [-0.1, -0.05) is 85.4 Å². The third-order valence-corrected chi connectivity index (χ3v) is 10.8. The molecular weight excluding hydrogens is 579 g/mol. The molecule has 0 fully saturated rings. The molecule has 2 N–H and O–H groups in total. The molecular formula is C34H51N3O4S2. The minimum absolute atomic E-state index is 0.0903. The summed E-state index contributed by atoms with van der Waals surface area (Å²) in [6, 6.07) is 13.1. The van der Waals surface area contributed by atoms with Crippen molar-refractivity contribution in [3.8, 4) is 0 Å². The molecule has 1 aliphatic rings. The van der Waals surface area contributed by atoms with Crippen molar-refractivity contribution in [1.82, 2.24) is 4.31 Å². The zero-order chi connectivity index (χ0) is 31.5. The lowest BCUT2D eigenvalue weighted by Gasteiger charge is -2.33. The molecule has 238 valence electrons. The Bertz CT molecular complexity index is 1340. The molecule has 0 bridgehead atoms. The molecule has 0 aromatic heterocycles. The van der Waals surface area contributed by atoms with Gasteiger partial charge in [-0.3, -0.25) is 9.10 Å². The molecule has 2 aromatic rings. The second-order valence-corrected chi connectivity index (χ2v) is 15.1. The number of para-hydroxylation sites is 1.